The summed E-state index contributed by atoms with van der Waals surface area (Å²) in [6.07, 6.45) is 7.01. The first-order valence-electron chi connectivity index (χ1n) is 9.34. The van der Waals surface area contributed by atoms with E-state index >= 15 is 0 Å². The molecule has 140 valence electrons. The number of pyridine rings is 2. The van der Waals surface area contributed by atoms with E-state index in [-0.39, 0.29) is 11.3 Å². The summed E-state index contributed by atoms with van der Waals surface area (Å²) in [5.41, 5.74) is 5.00. The van der Waals surface area contributed by atoms with Crippen LogP contribution in [-0.2, 0) is 24.8 Å². The van der Waals surface area contributed by atoms with Crippen LogP contribution in [0.5, 0.6) is 0 Å². The van der Waals surface area contributed by atoms with E-state index in [1.165, 1.54) is 0 Å². The fourth-order valence-electron chi connectivity index (χ4n) is 3.53. The monoisotopic (exact) mass is 363 g/mol. The highest BCUT2D eigenvalue weighted by molar-refractivity contribution is 5.82. The number of hydrogen-bond donors (Lipinski definition) is 0. The maximum Gasteiger partial charge on any atom is 0.223 e. The Balaban J connectivity index is 1.64. The first kappa shape index (κ1) is 17.6. The number of rotatable bonds is 2. The van der Waals surface area contributed by atoms with E-state index in [1.54, 1.807) is 4.68 Å². The molecule has 0 fully saturated rings. The molecule has 0 bridgehead atoms. The van der Waals surface area contributed by atoms with Crippen LogP contribution >= 0.6 is 0 Å². The third kappa shape index (κ3) is 3.70. The zero-order valence-electron chi connectivity index (χ0n) is 16.4. The van der Waals surface area contributed by atoms with Crippen LogP contribution in [0.25, 0.3) is 22.2 Å². The van der Waals surface area contributed by atoms with Crippen molar-refractivity contribution in [2.45, 2.75) is 40.2 Å². The van der Waals surface area contributed by atoms with Crippen LogP contribution in [-0.4, -0.2) is 37.1 Å². The maximum atomic E-state index is 12.6. The second-order valence-corrected chi connectivity index (χ2v) is 8.57. The van der Waals surface area contributed by atoms with Gasteiger partial charge in [-0.05, 0) is 23.1 Å². The molecule has 4 rings (SSSR count). The molecule has 27 heavy (non-hydrogen) atoms. The largest absolute Gasteiger partial charge is 0.338 e. The van der Waals surface area contributed by atoms with Gasteiger partial charge in [0.2, 0.25) is 5.91 Å². The highest BCUT2D eigenvalue weighted by Crippen LogP contribution is 2.27. The van der Waals surface area contributed by atoms with Crippen LogP contribution in [0, 0.1) is 5.41 Å². The predicted octanol–water partition coefficient (Wildman–Crippen LogP) is 3.35. The van der Waals surface area contributed by atoms with E-state index < -0.39 is 0 Å². The minimum atomic E-state index is 0.00152. The smallest absolute Gasteiger partial charge is 0.223 e. The lowest BCUT2D eigenvalue weighted by atomic mass is 9.91. The van der Waals surface area contributed by atoms with Gasteiger partial charge in [0, 0.05) is 67.6 Å². The average molecular weight is 363 g/mol. The van der Waals surface area contributed by atoms with Gasteiger partial charge in [-0.3, -0.25) is 9.48 Å². The summed E-state index contributed by atoms with van der Waals surface area (Å²) < 4.78 is 1.78. The molecule has 0 radical (unpaired) electrons. The number of amides is 1. The van der Waals surface area contributed by atoms with Crippen molar-refractivity contribution in [2.75, 3.05) is 6.54 Å². The number of nitrogens with zero attached hydrogens (tertiary/aromatic N) is 5. The van der Waals surface area contributed by atoms with Crippen molar-refractivity contribution in [3.63, 3.8) is 0 Å². The van der Waals surface area contributed by atoms with Gasteiger partial charge in [0.1, 0.15) is 0 Å². The Hall–Kier alpha value is -2.76. The summed E-state index contributed by atoms with van der Waals surface area (Å²) in [5, 5.41) is 5.23. The molecule has 1 amide bonds. The lowest BCUT2D eigenvalue weighted by Gasteiger charge is -2.31. The molecule has 0 N–H and O–H groups in total. The number of carbonyl (C=O) groups excluding carboxylic acids is 1. The molecule has 0 atom stereocenters. The summed E-state index contributed by atoms with van der Waals surface area (Å²) >= 11 is 0. The number of carbonyl (C=O) groups is 1. The second kappa shape index (κ2) is 6.44. The molecule has 6 nitrogen and oxygen atoms in total. The van der Waals surface area contributed by atoms with Crippen molar-refractivity contribution in [1.82, 2.24) is 24.6 Å². The summed E-state index contributed by atoms with van der Waals surface area (Å²) in [5.74, 6) is 0.218. The van der Waals surface area contributed by atoms with Crippen molar-refractivity contribution < 1.29 is 4.79 Å². The van der Waals surface area contributed by atoms with E-state index in [0.29, 0.717) is 13.0 Å². The highest BCUT2D eigenvalue weighted by Gasteiger charge is 2.25. The topological polar surface area (TPSA) is 63.9 Å². The molecule has 3 aromatic rings. The van der Waals surface area contributed by atoms with E-state index in [9.17, 15) is 4.79 Å². The van der Waals surface area contributed by atoms with E-state index in [4.69, 9.17) is 4.98 Å². The fourth-order valence-corrected chi connectivity index (χ4v) is 3.53. The van der Waals surface area contributed by atoms with Crippen LogP contribution in [0.4, 0.5) is 0 Å². The summed E-state index contributed by atoms with van der Waals surface area (Å²) in [7, 11) is 1.90. The zero-order chi connectivity index (χ0) is 19.2. The van der Waals surface area contributed by atoms with Gasteiger partial charge < -0.3 is 4.90 Å². The molecule has 0 aromatic carbocycles. The minimum Gasteiger partial charge on any atom is -0.338 e. The van der Waals surface area contributed by atoms with Gasteiger partial charge in [0.25, 0.3) is 0 Å². The van der Waals surface area contributed by atoms with Gasteiger partial charge >= 0.3 is 0 Å². The van der Waals surface area contributed by atoms with Crippen LogP contribution in [0.3, 0.4) is 0 Å². The molecule has 4 heterocycles. The Morgan fingerprint density at radius 3 is 2.70 bits per heavy atom. The van der Waals surface area contributed by atoms with Crippen molar-refractivity contribution >= 4 is 16.9 Å². The first-order chi connectivity index (χ1) is 12.8. The Bertz CT molecular complexity index is 1020. The Morgan fingerprint density at radius 1 is 1.19 bits per heavy atom. The lowest BCUT2D eigenvalue weighted by Crippen LogP contribution is -2.38. The van der Waals surface area contributed by atoms with Gasteiger partial charge in [-0.1, -0.05) is 20.8 Å². The third-order valence-electron chi connectivity index (χ3n) is 4.89. The van der Waals surface area contributed by atoms with Crippen LogP contribution in [0.15, 0.2) is 30.7 Å². The van der Waals surface area contributed by atoms with Crippen LogP contribution < -0.4 is 0 Å². The molecule has 1 aliphatic rings. The number of fused-ring (bicyclic) bond motifs is 2. The molecule has 3 aromatic heterocycles. The molecule has 0 saturated carbocycles. The van der Waals surface area contributed by atoms with Gasteiger partial charge in [0.15, 0.2) is 5.65 Å². The molecule has 0 spiro atoms. The van der Waals surface area contributed by atoms with Crippen molar-refractivity contribution in [2.24, 2.45) is 12.5 Å². The normalized spacial score (nSPS) is 14.4. The summed E-state index contributed by atoms with van der Waals surface area (Å²) in [6.45, 7) is 7.66. The molecule has 6 heteroatoms. The lowest BCUT2D eigenvalue weighted by molar-refractivity contribution is -0.134. The second-order valence-electron chi connectivity index (χ2n) is 8.57. The third-order valence-corrected chi connectivity index (χ3v) is 4.89. The van der Waals surface area contributed by atoms with Crippen molar-refractivity contribution in [1.29, 1.82) is 0 Å². The van der Waals surface area contributed by atoms with Crippen LogP contribution in [0.1, 0.15) is 38.4 Å². The molecule has 0 saturated heterocycles. The van der Waals surface area contributed by atoms with Crippen LogP contribution in [0.2, 0.25) is 0 Å². The summed E-state index contributed by atoms with van der Waals surface area (Å²) in [4.78, 5) is 23.9. The zero-order valence-corrected chi connectivity index (χ0v) is 16.4. The quantitative estimate of drug-likeness (QED) is 0.700. The molecular weight excluding hydrogens is 338 g/mol. The number of aryl methyl sites for hydroxylation is 1. The average Bonchev–Trinajstić information content (AvgIpc) is 3.04. The number of aromatic nitrogens is 4. The summed E-state index contributed by atoms with van der Waals surface area (Å²) in [6, 6.07) is 4.24. The van der Waals surface area contributed by atoms with Gasteiger partial charge in [0.05, 0.1) is 6.20 Å². The first-order valence-corrected chi connectivity index (χ1v) is 9.34. The van der Waals surface area contributed by atoms with Crippen molar-refractivity contribution in [3.05, 3.63) is 42.0 Å². The van der Waals surface area contributed by atoms with Gasteiger partial charge in [-0.25, -0.2) is 9.97 Å². The highest BCUT2D eigenvalue weighted by atomic mass is 16.2. The molecule has 0 unspecified atom stereocenters. The minimum absolute atomic E-state index is 0.00152. The Kier molecular flexibility index (Phi) is 4.21. The Morgan fingerprint density at radius 2 is 2.00 bits per heavy atom. The van der Waals surface area contributed by atoms with Gasteiger partial charge in [-0.2, -0.15) is 5.10 Å². The fraction of sp³-hybridized carbons (Fsp3) is 0.429. The van der Waals surface area contributed by atoms with E-state index in [0.717, 1.165) is 46.4 Å². The molecular formula is C21H25N5O. The number of hydrogen-bond acceptors (Lipinski definition) is 4. The molecule has 0 aliphatic carbocycles. The molecule has 1 aliphatic heterocycles. The van der Waals surface area contributed by atoms with E-state index in [1.807, 2.05) is 30.5 Å². The Labute approximate surface area is 159 Å². The van der Waals surface area contributed by atoms with E-state index in [2.05, 4.69) is 43.0 Å². The van der Waals surface area contributed by atoms with Crippen molar-refractivity contribution in [3.8, 4) is 11.1 Å². The standard InChI is InChI=1S/C21H25N5O/c1-21(2,3)9-19(27)26-6-5-18-16(13-26)8-14-7-15(10-22-20(14)24-18)17-11-23-25(4)12-17/h7-8,10-12H,5-6,9,13H2,1-4H3. The predicted molar refractivity (Wildman–Crippen MR) is 105 cm³/mol. The van der Waals surface area contributed by atoms with Gasteiger partial charge in [-0.15, -0.1) is 0 Å². The SMILES string of the molecule is Cn1cc(-c2cnc3nc4c(cc3c2)CN(C(=O)CC(C)(C)C)CC4)cn1. The maximum absolute atomic E-state index is 12.6.